The Morgan fingerprint density at radius 2 is 2.10 bits per heavy atom. The van der Waals surface area contributed by atoms with Crippen LogP contribution in [0.3, 0.4) is 0 Å². The van der Waals surface area contributed by atoms with Crippen molar-refractivity contribution in [3.05, 3.63) is 0 Å². The molecule has 0 aromatic heterocycles. The highest BCUT2D eigenvalue weighted by Crippen LogP contribution is 2.30. The zero-order valence-electron chi connectivity index (χ0n) is 7.14. The Labute approximate surface area is 67.3 Å². The first-order valence-electron chi connectivity index (χ1n) is 3.71. The van der Waals surface area contributed by atoms with Crippen molar-refractivity contribution in [1.82, 2.24) is 0 Å². The zero-order valence-corrected chi connectivity index (χ0v) is 7.96. The number of hydrogen-bond acceptors (Lipinski definition) is 2. The quantitative estimate of drug-likeness (QED) is 0.526. The molecule has 0 unspecified atom stereocenters. The summed E-state index contributed by atoms with van der Waals surface area (Å²) in [4.78, 5) is 4.54. The number of hydrogen-bond donors (Lipinski definition) is 0. The predicted molar refractivity (Wildman–Crippen MR) is 48.8 cm³/mol. The van der Waals surface area contributed by atoms with Crippen molar-refractivity contribution in [2.75, 3.05) is 5.75 Å². The highest BCUT2D eigenvalue weighted by atomic mass is 32.2. The van der Waals surface area contributed by atoms with Gasteiger partial charge in [0.1, 0.15) is 0 Å². The molecule has 0 aromatic rings. The predicted octanol–water partition coefficient (Wildman–Crippen LogP) is 2.57. The molecule has 0 saturated carbocycles. The fraction of sp³-hybridized carbons (Fsp3) is 0.875. The maximum Gasteiger partial charge on any atom is 0.0733 e. The first-order valence-corrected chi connectivity index (χ1v) is 4.70. The molecule has 1 aliphatic heterocycles. The molecule has 10 heavy (non-hydrogen) atoms. The van der Waals surface area contributed by atoms with Gasteiger partial charge in [0, 0.05) is 11.2 Å². The van der Waals surface area contributed by atoms with E-state index < -0.39 is 0 Å². The van der Waals surface area contributed by atoms with Crippen molar-refractivity contribution in [3.63, 3.8) is 0 Å². The summed E-state index contributed by atoms with van der Waals surface area (Å²) in [5, 5.41) is 1.32. The van der Waals surface area contributed by atoms with Crippen molar-refractivity contribution < 1.29 is 0 Å². The van der Waals surface area contributed by atoms with Gasteiger partial charge < -0.3 is 0 Å². The van der Waals surface area contributed by atoms with E-state index >= 15 is 0 Å². The molecule has 0 aromatic carbocycles. The van der Waals surface area contributed by atoms with E-state index in [0.29, 0.717) is 6.04 Å². The van der Waals surface area contributed by atoms with Gasteiger partial charge in [-0.3, -0.25) is 4.99 Å². The number of nitrogens with zero attached hydrogens (tertiary/aromatic N) is 1. The minimum absolute atomic E-state index is 0.273. The number of thioether (sulfide) groups is 1. The normalized spacial score (nSPS) is 26.8. The molecular weight excluding hydrogens is 142 g/mol. The third-order valence-electron chi connectivity index (χ3n) is 1.44. The largest absolute Gasteiger partial charge is 0.278 e. The Bertz CT molecular complexity index is 155. The van der Waals surface area contributed by atoms with Crippen LogP contribution in [0.1, 0.15) is 27.7 Å². The standard InChI is InChI=1S/C8H15NS/c1-6-5-10-7(9-6)8(2,3)4/h6H,5H2,1-4H3/t6-/m0/s1. The summed E-state index contributed by atoms with van der Waals surface area (Å²) in [6, 6.07) is 0.541. The Morgan fingerprint density at radius 3 is 2.30 bits per heavy atom. The van der Waals surface area contributed by atoms with E-state index in [9.17, 15) is 0 Å². The van der Waals surface area contributed by atoms with Crippen LogP contribution in [0.25, 0.3) is 0 Å². The van der Waals surface area contributed by atoms with Gasteiger partial charge in [0.25, 0.3) is 0 Å². The van der Waals surface area contributed by atoms with Crippen LogP contribution >= 0.6 is 11.8 Å². The molecule has 0 fully saturated rings. The van der Waals surface area contributed by atoms with E-state index in [1.165, 1.54) is 10.8 Å². The van der Waals surface area contributed by atoms with Gasteiger partial charge in [0.2, 0.25) is 0 Å². The first kappa shape index (κ1) is 8.12. The molecule has 1 aliphatic rings. The maximum absolute atomic E-state index is 4.54. The van der Waals surface area contributed by atoms with E-state index in [4.69, 9.17) is 0 Å². The second-order valence-electron chi connectivity index (χ2n) is 3.84. The average Bonchev–Trinajstić information content (AvgIpc) is 2.11. The van der Waals surface area contributed by atoms with Crippen molar-refractivity contribution in [1.29, 1.82) is 0 Å². The highest BCUT2D eigenvalue weighted by molar-refractivity contribution is 8.14. The van der Waals surface area contributed by atoms with Crippen molar-refractivity contribution in [3.8, 4) is 0 Å². The molecule has 0 radical (unpaired) electrons. The Hall–Kier alpha value is 0.0200. The molecule has 0 N–H and O–H groups in total. The van der Waals surface area contributed by atoms with Crippen LogP contribution < -0.4 is 0 Å². The van der Waals surface area contributed by atoms with E-state index in [1.807, 2.05) is 11.8 Å². The minimum Gasteiger partial charge on any atom is -0.278 e. The molecule has 1 rings (SSSR count). The lowest BCUT2D eigenvalue weighted by Crippen LogP contribution is -2.14. The molecule has 1 nitrogen and oxygen atoms in total. The second-order valence-corrected chi connectivity index (χ2v) is 4.85. The monoisotopic (exact) mass is 157 g/mol. The lowest BCUT2D eigenvalue weighted by Gasteiger charge is -2.16. The molecule has 2 heteroatoms. The lowest BCUT2D eigenvalue weighted by atomic mass is 9.99. The van der Waals surface area contributed by atoms with E-state index in [1.54, 1.807) is 0 Å². The second kappa shape index (κ2) is 2.57. The van der Waals surface area contributed by atoms with Gasteiger partial charge in [-0.25, -0.2) is 0 Å². The fourth-order valence-corrected chi connectivity index (χ4v) is 2.05. The van der Waals surface area contributed by atoms with Gasteiger partial charge in [-0.2, -0.15) is 0 Å². The third-order valence-corrected chi connectivity index (χ3v) is 3.08. The van der Waals surface area contributed by atoms with Crippen LogP contribution in [0.4, 0.5) is 0 Å². The molecule has 1 heterocycles. The van der Waals surface area contributed by atoms with Crippen molar-refractivity contribution in [2.45, 2.75) is 33.7 Å². The van der Waals surface area contributed by atoms with Crippen LogP contribution in [-0.2, 0) is 0 Å². The topological polar surface area (TPSA) is 12.4 Å². The summed E-state index contributed by atoms with van der Waals surface area (Å²) in [5.41, 5.74) is 0.273. The van der Waals surface area contributed by atoms with Gasteiger partial charge in [-0.15, -0.1) is 11.8 Å². The smallest absolute Gasteiger partial charge is 0.0733 e. The van der Waals surface area contributed by atoms with Gasteiger partial charge in [-0.1, -0.05) is 20.8 Å². The van der Waals surface area contributed by atoms with Crippen LogP contribution in [0.5, 0.6) is 0 Å². The first-order chi connectivity index (χ1) is 4.50. The fourth-order valence-electron chi connectivity index (χ4n) is 0.884. The summed E-state index contributed by atoms with van der Waals surface area (Å²) in [6.07, 6.45) is 0. The van der Waals surface area contributed by atoms with Crippen LogP contribution in [-0.4, -0.2) is 16.8 Å². The summed E-state index contributed by atoms with van der Waals surface area (Å²) in [5.74, 6) is 1.17. The van der Waals surface area contributed by atoms with Gasteiger partial charge in [0.15, 0.2) is 0 Å². The van der Waals surface area contributed by atoms with E-state index in [-0.39, 0.29) is 5.41 Å². The lowest BCUT2D eigenvalue weighted by molar-refractivity contribution is 0.598. The molecule has 0 amide bonds. The van der Waals surface area contributed by atoms with Crippen LogP contribution in [0, 0.1) is 5.41 Å². The van der Waals surface area contributed by atoms with Crippen LogP contribution in [0.2, 0.25) is 0 Å². The Morgan fingerprint density at radius 1 is 1.50 bits per heavy atom. The van der Waals surface area contributed by atoms with Crippen LogP contribution in [0.15, 0.2) is 4.99 Å². The molecule has 0 bridgehead atoms. The minimum atomic E-state index is 0.273. The molecule has 0 aliphatic carbocycles. The van der Waals surface area contributed by atoms with Crippen molar-refractivity contribution >= 4 is 16.8 Å². The zero-order chi connectivity index (χ0) is 7.78. The summed E-state index contributed by atoms with van der Waals surface area (Å²) in [6.45, 7) is 8.83. The average molecular weight is 157 g/mol. The highest BCUT2D eigenvalue weighted by Gasteiger charge is 2.24. The third kappa shape index (κ3) is 1.75. The van der Waals surface area contributed by atoms with Gasteiger partial charge >= 0.3 is 0 Å². The molecule has 58 valence electrons. The van der Waals surface area contributed by atoms with E-state index in [0.717, 1.165) is 0 Å². The Kier molecular flexibility index (Phi) is 2.09. The molecule has 0 spiro atoms. The summed E-state index contributed by atoms with van der Waals surface area (Å²) in [7, 11) is 0. The van der Waals surface area contributed by atoms with Gasteiger partial charge in [0.05, 0.1) is 11.1 Å². The molecule has 0 saturated heterocycles. The summed E-state index contributed by atoms with van der Waals surface area (Å²) >= 11 is 1.91. The number of aliphatic imine (C=N–C) groups is 1. The molecule has 1 atom stereocenters. The molecular formula is C8H15NS. The summed E-state index contributed by atoms with van der Waals surface area (Å²) < 4.78 is 0. The van der Waals surface area contributed by atoms with Crippen molar-refractivity contribution in [2.24, 2.45) is 10.4 Å². The Balaban J connectivity index is 2.67. The number of rotatable bonds is 0. The SMILES string of the molecule is C[C@H]1CSC(C(C)(C)C)=N1. The van der Waals surface area contributed by atoms with E-state index in [2.05, 4.69) is 32.7 Å². The maximum atomic E-state index is 4.54. The van der Waals surface area contributed by atoms with Gasteiger partial charge in [-0.05, 0) is 6.92 Å².